The van der Waals surface area contributed by atoms with Crippen LogP contribution in [0, 0.1) is 13.8 Å². The molecule has 1 fully saturated rings. The predicted octanol–water partition coefficient (Wildman–Crippen LogP) is 4.47. The van der Waals surface area contributed by atoms with Crippen molar-refractivity contribution in [2.24, 2.45) is 0 Å². The molecule has 6 heteroatoms. The number of furan rings is 1. The smallest absolute Gasteiger partial charge is 0.238 e. The number of hydrogen-bond acceptors (Lipinski definition) is 4. The molecule has 6 nitrogen and oxygen atoms in total. The Morgan fingerprint density at radius 3 is 2.62 bits per heavy atom. The van der Waals surface area contributed by atoms with Crippen LogP contribution in [0.4, 0.5) is 5.69 Å². The fourth-order valence-electron chi connectivity index (χ4n) is 4.19. The Bertz CT molecular complexity index is 941. The number of nitrogens with zero attached hydrogens (tertiary/aromatic N) is 3. The van der Waals surface area contributed by atoms with E-state index in [2.05, 4.69) is 15.3 Å². The molecule has 0 aliphatic heterocycles. The highest BCUT2D eigenvalue weighted by atomic mass is 16.3. The first-order valence-corrected chi connectivity index (χ1v) is 10.3. The highest BCUT2D eigenvalue weighted by molar-refractivity contribution is 5.93. The minimum Gasteiger partial charge on any atom is -0.468 e. The van der Waals surface area contributed by atoms with Crippen LogP contribution >= 0.6 is 0 Å². The van der Waals surface area contributed by atoms with Crippen molar-refractivity contribution in [3.8, 4) is 5.69 Å². The van der Waals surface area contributed by atoms with E-state index in [4.69, 9.17) is 4.42 Å². The maximum atomic E-state index is 12.9. The molecule has 1 aliphatic rings. The lowest BCUT2D eigenvalue weighted by atomic mass is 10.2. The summed E-state index contributed by atoms with van der Waals surface area (Å²) in [5.74, 6) is 0.885. The monoisotopic (exact) mass is 392 g/mol. The van der Waals surface area contributed by atoms with Crippen molar-refractivity contribution in [3.63, 3.8) is 0 Å². The van der Waals surface area contributed by atoms with Gasteiger partial charge in [-0.05, 0) is 51.0 Å². The zero-order chi connectivity index (χ0) is 20.2. The predicted molar refractivity (Wildman–Crippen MR) is 113 cm³/mol. The molecule has 1 N–H and O–H groups in total. The number of aromatic nitrogens is 2. The van der Waals surface area contributed by atoms with Crippen LogP contribution in [-0.4, -0.2) is 33.2 Å². The highest BCUT2D eigenvalue weighted by Crippen LogP contribution is 2.26. The molecule has 1 amide bonds. The number of amides is 1. The molecule has 1 aliphatic carbocycles. The van der Waals surface area contributed by atoms with Crippen molar-refractivity contribution in [3.05, 3.63) is 65.9 Å². The largest absolute Gasteiger partial charge is 0.468 e. The van der Waals surface area contributed by atoms with Gasteiger partial charge in [0, 0.05) is 6.04 Å². The van der Waals surface area contributed by atoms with Crippen LogP contribution in [0.3, 0.4) is 0 Å². The molecule has 0 saturated heterocycles. The number of benzene rings is 1. The van der Waals surface area contributed by atoms with Crippen LogP contribution in [0.1, 0.15) is 42.8 Å². The summed E-state index contributed by atoms with van der Waals surface area (Å²) in [6.45, 7) is 4.92. The van der Waals surface area contributed by atoms with E-state index in [1.807, 2.05) is 61.0 Å². The van der Waals surface area contributed by atoms with Gasteiger partial charge in [0.15, 0.2) is 0 Å². The quantitative estimate of drug-likeness (QED) is 0.645. The minimum atomic E-state index is -0.0118. The second-order valence-electron chi connectivity index (χ2n) is 7.76. The van der Waals surface area contributed by atoms with Crippen molar-refractivity contribution in [1.29, 1.82) is 0 Å². The second-order valence-corrected chi connectivity index (χ2v) is 7.76. The standard InChI is InChI=1S/C23H28N4O2/c1-17-23(18(2)27(25-17)20-11-4-3-5-12-20)24-22(28)16-26(19-9-6-7-10-19)15-21-13-8-14-29-21/h3-5,8,11-14,19H,6-7,9-10,15-16H2,1-2H3,(H,24,28). The molecule has 4 rings (SSSR count). The normalized spacial score (nSPS) is 14.6. The lowest BCUT2D eigenvalue weighted by Gasteiger charge is -2.27. The molecule has 29 heavy (non-hydrogen) atoms. The van der Waals surface area contributed by atoms with Gasteiger partial charge in [-0.1, -0.05) is 31.0 Å². The summed E-state index contributed by atoms with van der Waals surface area (Å²) in [6.07, 6.45) is 6.41. The Labute approximate surface area is 171 Å². The number of rotatable bonds is 7. The molecule has 0 unspecified atom stereocenters. The van der Waals surface area contributed by atoms with Gasteiger partial charge >= 0.3 is 0 Å². The number of carbonyl (C=O) groups is 1. The molecule has 2 aromatic heterocycles. The Balaban J connectivity index is 1.48. The molecule has 152 valence electrons. The summed E-state index contributed by atoms with van der Waals surface area (Å²) in [5.41, 5.74) is 3.53. The molecule has 0 radical (unpaired) electrons. The molecule has 0 bridgehead atoms. The molecular weight excluding hydrogens is 364 g/mol. The van der Waals surface area contributed by atoms with E-state index in [0.29, 0.717) is 19.1 Å². The Morgan fingerprint density at radius 2 is 1.93 bits per heavy atom. The van der Waals surface area contributed by atoms with Crippen molar-refractivity contribution in [1.82, 2.24) is 14.7 Å². The van der Waals surface area contributed by atoms with Gasteiger partial charge in [-0.2, -0.15) is 5.10 Å². The Hall–Kier alpha value is -2.86. The topological polar surface area (TPSA) is 63.3 Å². The first-order valence-electron chi connectivity index (χ1n) is 10.3. The molecular formula is C23H28N4O2. The summed E-state index contributed by atoms with van der Waals surface area (Å²) in [5, 5.41) is 7.73. The van der Waals surface area contributed by atoms with Crippen molar-refractivity contribution >= 4 is 11.6 Å². The number of carbonyl (C=O) groups excluding carboxylic acids is 1. The highest BCUT2D eigenvalue weighted by Gasteiger charge is 2.26. The number of anilines is 1. The molecule has 3 aromatic rings. The number of hydrogen-bond donors (Lipinski definition) is 1. The van der Waals surface area contributed by atoms with Gasteiger partial charge in [-0.3, -0.25) is 9.69 Å². The first kappa shape index (κ1) is 19.5. The fraction of sp³-hybridized carbons (Fsp3) is 0.391. The van der Waals surface area contributed by atoms with E-state index in [0.717, 1.165) is 41.4 Å². The van der Waals surface area contributed by atoms with Gasteiger partial charge in [0.05, 0.1) is 42.1 Å². The van der Waals surface area contributed by atoms with Crippen molar-refractivity contribution in [2.45, 2.75) is 52.1 Å². The first-order chi connectivity index (χ1) is 14.1. The van der Waals surface area contributed by atoms with Crippen LogP contribution in [0.25, 0.3) is 5.69 Å². The summed E-state index contributed by atoms with van der Waals surface area (Å²) < 4.78 is 7.40. The van der Waals surface area contributed by atoms with Crippen molar-refractivity contribution < 1.29 is 9.21 Å². The van der Waals surface area contributed by atoms with Crippen LogP contribution in [0.5, 0.6) is 0 Å². The Morgan fingerprint density at radius 1 is 1.17 bits per heavy atom. The zero-order valence-corrected chi connectivity index (χ0v) is 17.1. The van der Waals surface area contributed by atoms with Crippen LogP contribution in [-0.2, 0) is 11.3 Å². The SMILES string of the molecule is Cc1nn(-c2ccccc2)c(C)c1NC(=O)CN(Cc1ccco1)C1CCCC1. The molecule has 0 spiro atoms. The Kier molecular flexibility index (Phi) is 5.81. The molecule has 2 heterocycles. The third-order valence-electron chi connectivity index (χ3n) is 5.68. The van der Waals surface area contributed by atoms with Gasteiger partial charge in [0.1, 0.15) is 5.76 Å². The van der Waals surface area contributed by atoms with Crippen molar-refractivity contribution in [2.75, 3.05) is 11.9 Å². The van der Waals surface area contributed by atoms with Gasteiger partial charge in [-0.15, -0.1) is 0 Å². The molecule has 0 atom stereocenters. The van der Waals surface area contributed by atoms with E-state index >= 15 is 0 Å². The van der Waals surface area contributed by atoms with Gasteiger partial charge < -0.3 is 9.73 Å². The van der Waals surface area contributed by atoms with E-state index < -0.39 is 0 Å². The van der Waals surface area contributed by atoms with Gasteiger partial charge in [0.25, 0.3) is 0 Å². The van der Waals surface area contributed by atoms with E-state index in [1.54, 1.807) is 6.26 Å². The molecule has 1 saturated carbocycles. The molecule has 1 aromatic carbocycles. The number of para-hydroxylation sites is 1. The van der Waals surface area contributed by atoms with E-state index in [9.17, 15) is 4.79 Å². The average molecular weight is 393 g/mol. The van der Waals surface area contributed by atoms with E-state index in [-0.39, 0.29) is 5.91 Å². The zero-order valence-electron chi connectivity index (χ0n) is 17.1. The fourth-order valence-corrected chi connectivity index (χ4v) is 4.19. The van der Waals surface area contributed by atoms with Crippen LogP contribution in [0.15, 0.2) is 53.1 Å². The maximum Gasteiger partial charge on any atom is 0.238 e. The lowest BCUT2D eigenvalue weighted by molar-refractivity contribution is -0.118. The van der Waals surface area contributed by atoms with Crippen LogP contribution in [0.2, 0.25) is 0 Å². The summed E-state index contributed by atoms with van der Waals surface area (Å²) in [4.78, 5) is 15.2. The van der Waals surface area contributed by atoms with Gasteiger partial charge in [-0.25, -0.2) is 4.68 Å². The maximum absolute atomic E-state index is 12.9. The number of aryl methyl sites for hydroxylation is 1. The minimum absolute atomic E-state index is 0.0118. The lowest BCUT2D eigenvalue weighted by Crippen LogP contribution is -2.39. The third kappa shape index (κ3) is 4.43. The summed E-state index contributed by atoms with van der Waals surface area (Å²) in [7, 11) is 0. The second kappa shape index (κ2) is 8.66. The summed E-state index contributed by atoms with van der Waals surface area (Å²) >= 11 is 0. The van der Waals surface area contributed by atoms with Crippen LogP contribution < -0.4 is 5.32 Å². The third-order valence-corrected chi connectivity index (χ3v) is 5.68. The van der Waals surface area contributed by atoms with Gasteiger partial charge in [0.2, 0.25) is 5.91 Å². The average Bonchev–Trinajstić information content (AvgIpc) is 3.47. The summed E-state index contributed by atoms with van der Waals surface area (Å²) in [6, 6.07) is 14.3. The van der Waals surface area contributed by atoms with E-state index in [1.165, 1.54) is 12.8 Å². The number of nitrogens with one attached hydrogen (secondary N) is 1.